The van der Waals surface area contributed by atoms with E-state index in [2.05, 4.69) is 29.4 Å². The van der Waals surface area contributed by atoms with Gasteiger partial charge in [-0.1, -0.05) is 45.9 Å². The van der Waals surface area contributed by atoms with Crippen molar-refractivity contribution in [3.8, 4) is 0 Å². The first kappa shape index (κ1) is 22.5. The molecule has 8 heteroatoms. The van der Waals surface area contributed by atoms with E-state index >= 15 is 0 Å². The van der Waals surface area contributed by atoms with Crippen LogP contribution in [0.4, 0.5) is 0 Å². The number of dihydropyridines is 1. The lowest BCUT2D eigenvalue weighted by Crippen LogP contribution is -2.50. The Bertz CT molecular complexity index is 1220. The molecule has 1 aromatic rings. The maximum atomic E-state index is 13.6. The van der Waals surface area contributed by atoms with Crippen molar-refractivity contribution in [1.82, 2.24) is 9.62 Å². The van der Waals surface area contributed by atoms with Gasteiger partial charge < -0.3 is 5.32 Å². The van der Waals surface area contributed by atoms with Crippen LogP contribution in [0.15, 0.2) is 62.1 Å². The van der Waals surface area contributed by atoms with Crippen LogP contribution in [0.2, 0.25) is 0 Å². The van der Waals surface area contributed by atoms with Crippen molar-refractivity contribution >= 4 is 15.8 Å². The van der Waals surface area contributed by atoms with Crippen LogP contribution >= 0.6 is 0 Å². The first-order chi connectivity index (χ1) is 15.6. The van der Waals surface area contributed by atoms with Gasteiger partial charge in [0, 0.05) is 41.8 Å². The van der Waals surface area contributed by atoms with Gasteiger partial charge in [-0.25, -0.2) is 8.42 Å². The first-order valence-electron chi connectivity index (χ1n) is 11.8. The molecule has 0 unspecified atom stereocenters. The molecule has 7 nitrogen and oxygen atoms in total. The highest BCUT2D eigenvalue weighted by Crippen LogP contribution is 2.55. The van der Waals surface area contributed by atoms with Crippen molar-refractivity contribution in [3.63, 3.8) is 0 Å². The molecule has 0 atom stereocenters. The Balaban J connectivity index is 1.50. The van der Waals surface area contributed by atoms with Gasteiger partial charge in [-0.15, -0.1) is 5.11 Å². The number of nitrogens with one attached hydrogen (secondary N) is 1. The van der Waals surface area contributed by atoms with E-state index in [1.165, 1.54) is 0 Å². The zero-order valence-corrected chi connectivity index (χ0v) is 20.6. The summed E-state index contributed by atoms with van der Waals surface area (Å²) in [5, 5.41) is 12.0. The molecule has 1 fully saturated rings. The molecule has 1 saturated heterocycles. The average molecular weight is 469 g/mol. The number of hydrogen-bond acceptors (Lipinski definition) is 6. The van der Waals surface area contributed by atoms with E-state index in [0.29, 0.717) is 43.8 Å². The second kappa shape index (κ2) is 7.60. The molecular weight excluding hydrogens is 436 g/mol. The minimum absolute atomic E-state index is 0.109. The van der Waals surface area contributed by atoms with Crippen molar-refractivity contribution in [2.24, 2.45) is 21.1 Å². The summed E-state index contributed by atoms with van der Waals surface area (Å²) in [6.45, 7) is 9.48. The molecule has 0 amide bonds. The minimum atomic E-state index is -3.62. The van der Waals surface area contributed by atoms with Crippen LogP contribution in [0.1, 0.15) is 64.9 Å². The third-order valence-corrected chi connectivity index (χ3v) is 9.59. The Kier molecular flexibility index (Phi) is 5.17. The Morgan fingerprint density at radius 2 is 1.79 bits per heavy atom. The number of carbonyl (C=O) groups is 1. The van der Waals surface area contributed by atoms with Gasteiger partial charge in [-0.05, 0) is 42.2 Å². The van der Waals surface area contributed by atoms with Gasteiger partial charge in [0.1, 0.15) is 0 Å². The number of Topliss-reactive ketones (excluding diaryl/α,β-unsaturated/α-hetero) is 1. The van der Waals surface area contributed by atoms with Gasteiger partial charge in [0.2, 0.25) is 10.0 Å². The fraction of sp³-hybridized carbons (Fsp3) is 0.560. The van der Waals surface area contributed by atoms with Crippen LogP contribution in [0.5, 0.6) is 0 Å². The topological polar surface area (TPSA) is 91.2 Å². The van der Waals surface area contributed by atoms with E-state index in [0.717, 1.165) is 34.6 Å². The number of piperidine rings is 1. The second-order valence-electron chi connectivity index (χ2n) is 10.8. The SMILES string of the molecule is CC(C)c1ccccc1S(=O)(=O)N1CCC2(CC1)C1=C(N=NC1)NC1=C2C(=O)CC(C)(C)C1. The van der Waals surface area contributed by atoms with Crippen molar-refractivity contribution in [2.75, 3.05) is 19.6 Å². The highest BCUT2D eigenvalue weighted by atomic mass is 32.2. The van der Waals surface area contributed by atoms with Crippen molar-refractivity contribution in [2.45, 2.75) is 64.2 Å². The van der Waals surface area contributed by atoms with Gasteiger partial charge in [0.05, 0.1) is 11.4 Å². The van der Waals surface area contributed by atoms with Crippen LogP contribution < -0.4 is 5.32 Å². The van der Waals surface area contributed by atoms with Crippen molar-refractivity contribution < 1.29 is 13.2 Å². The molecule has 1 N–H and O–H groups in total. The molecule has 0 aromatic heterocycles. The smallest absolute Gasteiger partial charge is 0.243 e. The molecule has 1 aliphatic carbocycles. The molecule has 0 bridgehead atoms. The number of sulfonamides is 1. The molecule has 176 valence electrons. The number of hydrogen-bond donors (Lipinski definition) is 1. The predicted molar refractivity (Wildman–Crippen MR) is 126 cm³/mol. The average Bonchev–Trinajstić information content (AvgIpc) is 3.22. The normalized spacial score (nSPS) is 24.3. The van der Waals surface area contributed by atoms with Gasteiger partial charge in [0.15, 0.2) is 11.6 Å². The number of ketones is 1. The molecule has 5 rings (SSSR count). The van der Waals surface area contributed by atoms with E-state index in [4.69, 9.17) is 0 Å². The molecule has 33 heavy (non-hydrogen) atoms. The van der Waals surface area contributed by atoms with Crippen molar-refractivity contribution in [1.29, 1.82) is 0 Å². The number of nitrogens with zero attached hydrogens (tertiary/aromatic N) is 3. The van der Waals surface area contributed by atoms with Crippen LogP contribution in [-0.4, -0.2) is 38.1 Å². The van der Waals surface area contributed by atoms with E-state index < -0.39 is 15.4 Å². The predicted octanol–water partition coefficient (Wildman–Crippen LogP) is 4.50. The summed E-state index contributed by atoms with van der Waals surface area (Å²) >= 11 is 0. The molecule has 3 heterocycles. The van der Waals surface area contributed by atoms with E-state index in [-0.39, 0.29) is 17.1 Å². The number of carbonyl (C=O) groups excluding carboxylic acids is 1. The van der Waals surface area contributed by atoms with Gasteiger partial charge in [0.25, 0.3) is 0 Å². The number of rotatable bonds is 3. The molecular formula is C25H32N4O3S. The largest absolute Gasteiger partial charge is 0.342 e. The van der Waals surface area contributed by atoms with Crippen LogP contribution in [0.25, 0.3) is 0 Å². The lowest BCUT2D eigenvalue weighted by atomic mass is 9.60. The number of benzene rings is 1. The third kappa shape index (κ3) is 3.49. The van der Waals surface area contributed by atoms with Gasteiger partial charge in [-0.2, -0.15) is 9.42 Å². The fourth-order valence-electron chi connectivity index (χ4n) is 6.06. The molecule has 3 aliphatic heterocycles. The highest BCUT2D eigenvalue weighted by Gasteiger charge is 2.53. The fourth-order valence-corrected chi connectivity index (χ4v) is 7.85. The standard InChI is InChI=1S/C25H32N4O3S/c1-16(2)17-7-5-6-8-21(17)33(31,32)29-11-9-25(10-12-29)18-15-26-28-23(18)27-19-13-24(3,4)14-20(30)22(19)25/h5-8,16,27H,9-15H2,1-4H3. The zero-order chi connectivity index (χ0) is 23.6. The zero-order valence-electron chi connectivity index (χ0n) is 19.8. The van der Waals surface area contributed by atoms with Crippen LogP contribution in [0, 0.1) is 10.8 Å². The molecule has 0 saturated carbocycles. The summed E-state index contributed by atoms with van der Waals surface area (Å²) in [5.41, 5.74) is 3.12. The van der Waals surface area contributed by atoms with Crippen molar-refractivity contribution in [3.05, 3.63) is 52.5 Å². The first-order valence-corrected chi connectivity index (χ1v) is 13.2. The quantitative estimate of drug-likeness (QED) is 0.707. The Hall–Kier alpha value is -2.32. The monoisotopic (exact) mass is 468 g/mol. The maximum Gasteiger partial charge on any atom is 0.243 e. The molecule has 0 radical (unpaired) electrons. The molecule has 1 spiro atoms. The number of allylic oxidation sites excluding steroid dienone is 2. The van der Waals surface area contributed by atoms with Gasteiger partial charge >= 0.3 is 0 Å². The van der Waals surface area contributed by atoms with Crippen LogP contribution in [0.3, 0.4) is 0 Å². The summed E-state index contributed by atoms with van der Waals surface area (Å²) in [7, 11) is -3.62. The number of fused-ring (bicyclic) bond motifs is 2. The highest BCUT2D eigenvalue weighted by molar-refractivity contribution is 7.89. The van der Waals surface area contributed by atoms with E-state index in [1.807, 2.05) is 26.0 Å². The summed E-state index contributed by atoms with van der Waals surface area (Å²) in [4.78, 5) is 13.8. The van der Waals surface area contributed by atoms with E-state index in [1.54, 1.807) is 16.4 Å². The van der Waals surface area contributed by atoms with E-state index in [9.17, 15) is 13.2 Å². The summed E-state index contributed by atoms with van der Waals surface area (Å²) in [6, 6.07) is 7.28. The molecule has 4 aliphatic rings. The maximum absolute atomic E-state index is 13.6. The van der Waals surface area contributed by atoms with Crippen LogP contribution in [-0.2, 0) is 14.8 Å². The second-order valence-corrected chi connectivity index (χ2v) is 12.7. The number of azo groups is 1. The van der Waals surface area contributed by atoms with Gasteiger partial charge in [-0.3, -0.25) is 4.79 Å². The molecule has 1 aromatic carbocycles. The minimum Gasteiger partial charge on any atom is -0.342 e. The summed E-state index contributed by atoms with van der Waals surface area (Å²) < 4.78 is 28.9. The Morgan fingerprint density at radius 1 is 1.09 bits per heavy atom. The summed E-state index contributed by atoms with van der Waals surface area (Å²) in [5.74, 6) is 1.05. The Morgan fingerprint density at radius 3 is 2.48 bits per heavy atom. The Labute approximate surface area is 196 Å². The lowest BCUT2D eigenvalue weighted by Gasteiger charge is -2.48. The lowest BCUT2D eigenvalue weighted by molar-refractivity contribution is -0.119. The summed E-state index contributed by atoms with van der Waals surface area (Å²) in [6.07, 6.45) is 2.45. The third-order valence-electron chi connectivity index (χ3n) is 7.62.